The lowest BCUT2D eigenvalue weighted by molar-refractivity contribution is 0.0216. The Morgan fingerprint density at radius 3 is 2.77 bits per heavy atom. The van der Waals surface area contributed by atoms with Gasteiger partial charge in [-0.15, -0.1) is 0 Å². The Balaban J connectivity index is 1.52. The van der Waals surface area contributed by atoms with E-state index < -0.39 is 6.10 Å². The molecule has 1 aromatic heterocycles. The smallest absolute Gasteiger partial charge is 0.123 e. The topological polar surface area (TPSA) is 58.3 Å². The molecule has 0 amide bonds. The molecule has 0 spiro atoms. The number of rotatable bonds is 3. The average Bonchev–Trinajstić information content (AvgIpc) is 3.13. The molecule has 0 radical (unpaired) electrons. The Bertz CT molecular complexity index is 1120. The lowest BCUT2D eigenvalue weighted by Crippen LogP contribution is -2.40. The molecule has 0 bridgehead atoms. The Morgan fingerprint density at radius 2 is 2.00 bits per heavy atom. The maximum atomic E-state index is 13.3. The fourth-order valence-corrected chi connectivity index (χ4v) is 5.31. The molecule has 4 nitrogen and oxygen atoms in total. The summed E-state index contributed by atoms with van der Waals surface area (Å²) in [4.78, 5) is 0. The summed E-state index contributed by atoms with van der Waals surface area (Å²) < 4.78 is 15.2. The van der Waals surface area contributed by atoms with Gasteiger partial charge < -0.3 is 10.2 Å². The first-order chi connectivity index (χ1) is 14.5. The number of allylic oxidation sites excluding steroid dienone is 1. The largest absolute Gasteiger partial charge is 0.508 e. The van der Waals surface area contributed by atoms with Crippen molar-refractivity contribution in [2.75, 3.05) is 0 Å². The molecule has 3 atom stereocenters. The second kappa shape index (κ2) is 7.10. The van der Waals surface area contributed by atoms with Crippen molar-refractivity contribution in [2.24, 2.45) is 11.3 Å². The van der Waals surface area contributed by atoms with Gasteiger partial charge in [0.2, 0.25) is 0 Å². The number of benzene rings is 2. The van der Waals surface area contributed by atoms with Gasteiger partial charge in [-0.05, 0) is 90.6 Å². The second-order valence-electron chi connectivity index (χ2n) is 8.75. The van der Waals surface area contributed by atoms with E-state index in [1.165, 1.54) is 17.7 Å². The van der Waals surface area contributed by atoms with Crippen LogP contribution in [0.25, 0.3) is 11.8 Å². The third-order valence-corrected chi connectivity index (χ3v) is 6.93. The Morgan fingerprint density at radius 1 is 1.20 bits per heavy atom. The summed E-state index contributed by atoms with van der Waals surface area (Å²) in [5.74, 6) is -0.0295. The van der Waals surface area contributed by atoms with E-state index in [4.69, 9.17) is 0 Å². The first-order valence-corrected chi connectivity index (χ1v) is 10.5. The van der Waals surface area contributed by atoms with E-state index in [1.54, 1.807) is 30.3 Å². The van der Waals surface area contributed by atoms with Crippen LogP contribution in [0.1, 0.15) is 49.1 Å². The van der Waals surface area contributed by atoms with Crippen LogP contribution in [0.4, 0.5) is 4.39 Å². The molecule has 2 aliphatic rings. The molecule has 5 rings (SSSR count). The van der Waals surface area contributed by atoms with Gasteiger partial charge in [0.25, 0.3) is 0 Å². The zero-order valence-electron chi connectivity index (χ0n) is 16.9. The van der Waals surface area contributed by atoms with Crippen LogP contribution in [-0.2, 0) is 6.42 Å². The number of hydrogen-bond donors (Lipinski definition) is 2. The molecule has 1 fully saturated rings. The van der Waals surface area contributed by atoms with E-state index in [1.807, 2.05) is 16.9 Å². The van der Waals surface area contributed by atoms with Crippen molar-refractivity contribution < 1.29 is 14.6 Å². The second-order valence-corrected chi connectivity index (χ2v) is 8.75. The van der Waals surface area contributed by atoms with Crippen LogP contribution in [0.2, 0.25) is 0 Å². The van der Waals surface area contributed by atoms with E-state index in [2.05, 4.69) is 18.1 Å². The highest BCUT2D eigenvalue weighted by molar-refractivity contribution is 5.61. The number of phenols is 1. The first-order valence-electron chi connectivity index (χ1n) is 10.5. The van der Waals surface area contributed by atoms with Gasteiger partial charge in [0.15, 0.2) is 0 Å². The molecule has 154 valence electrons. The molecule has 0 saturated heterocycles. The van der Waals surface area contributed by atoms with E-state index in [0.717, 1.165) is 48.2 Å². The summed E-state index contributed by atoms with van der Waals surface area (Å²) in [5, 5.41) is 25.7. The number of aliphatic hydroxyl groups excluding tert-OH is 1. The molecule has 30 heavy (non-hydrogen) atoms. The van der Waals surface area contributed by atoms with Crippen LogP contribution >= 0.6 is 0 Å². The third-order valence-electron chi connectivity index (χ3n) is 6.93. The van der Waals surface area contributed by atoms with Crippen molar-refractivity contribution in [3.63, 3.8) is 0 Å². The predicted molar refractivity (Wildman–Crippen MR) is 114 cm³/mol. The number of aromatic hydroxyl groups is 1. The predicted octanol–water partition coefficient (Wildman–Crippen LogP) is 5.20. The molecule has 1 saturated carbocycles. The maximum Gasteiger partial charge on any atom is 0.123 e. The van der Waals surface area contributed by atoms with Crippen LogP contribution < -0.4 is 0 Å². The van der Waals surface area contributed by atoms with Crippen LogP contribution in [0.3, 0.4) is 0 Å². The van der Waals surface area contributed by atoms with Gasteiger partial charge in [0.1, 0.15) is 11.6 Å². The fraction of sp³-hybridized carbons (Fsp3) is 0.320. The van der Waals surface area contributed by atoms with E-state index in [9.17, 15) is 14.6 Å². The van der Waals surface area contributed by atoms with Gasteiger partial charge in [-0.3, -0.25) is 0 Å². The van der Waals surface area contributed by atoms with Gasteiger partial charge in [-0.1, -0.05) is 24.6 Å². The van der Waals surface area contributed by atoms with Crippen molar-refractivity contribution >= 4 is 6.08 Å². The number of fused-ring (bicyclic) bond motifs is 2. The molecular weight excluding hydrogens is 379 g/mol. The lowest BCUT2D eigenvalue weighted by atomic mass is 9.57. The average molecular weight is 404 g/mol. The summed E-state index contributed by atoms with van der Waals surface area (Å²) in [6.07, 6.45) is 7.22. The molecular formula is C25H25FN2O2. The van der Waals surface area contributed by atoms with E-state index in [0.29, 0.717) is 0 Å². The van der Waals surface area contributed by atoms with Gasteiger partial charge in [-0.2, -0.15) is 5.10 Å². The Kier molecular flexibility index (Phi) is 4.51. The highest BCUT2D eigenvalue weighted by atomic mass is 19.1. The normalized spacial score (nSPS) is 24.0. The standard InChI is InChI=1S/C25H25FN2O2/c1-25-14-17-15-27-28(20-10-8-19(26)9-11-20)23(17)13-18(25)5-3-7-22(25)24(30)16-4-2-6-21(29)12-16/h2,4,6,8-13,15,22,24,29-30H,3,5,7,14H2,1H3/t22-,24?,25+/m1/s1. The minimum absolute atomic E-state index is 0.0571. The minimum atomic E-state index is -0.639. The van der Waals surface area contributed by atoms with Gasteiger partial charge in [0.05, 0.1) is 23.7 Å². The number of aliphatic hydroxyl groups is 1. The van der Waals surface area contributed by atoms with Crippen molar-refractivity contribution in [3.05, 3.63) is 82.9 Å². The van der Waals surface area contributed by atoms with Crippen LogP contribution in [0.5, 0.6) is 5.75 Å². The van der Waals surface area contributed by atoms with Crippen molar-refractivity contribution in [1.82, 2.24) is 9.78 Å². The van der Waals surface area contributed by atoms with Gasteiger partial charge in [-0.25, -0.2) is 9.07 Å². The van der Waals surface area contributed by atoms with Gasteiger partial charge >= 0.3 is 0 Å². The number of hydrogen-bond acceptors (Lipinski definition) is 3. The third kappa shape index (κ3) is 3.05. The zero-order valence-corrected chi connectivity index (χ0v) is 16.9. The Hall–Kier alpha value is -2.92. The van der Waals surface area contributed by atoms with Crippen molar-refractivity contribution in [3.8, 4) is 11.4 Å². The molecule has 2 N–H and O–H groups in total. The molecule has 1 heterocycles. The van der Waals surface area contributed by atoms with E-state index in [-0.39, 0.29) is 22.9 Å². The summed E-state index contributed by atoms with van der Waals surface area (Å²) in [6.45, 7) is 2.24. The zero-order chi connectivity index (χ0) is 20.9. The molecule has 2 aliphatic carbocycles. The monoisotopic (exact) mass is 404 g/mol. The van der Waals surface area contributed by atoms with E-state index >= 15 is 0 Å². The molecule has 5 heteroatoms. The lowest BCUT2D eigenvalue weighted by Gasteiger charge is -2.47. The number of halogens is 1. The van der Waals surface area contributed by atoms with Crippen LogP contribution in [0.15, 0.2) is 60.3 Å². The fourth-order valence-electron chi connectivity index (χ4n) is 5.31. The SMILES string of the molecule is C[C@]12Cc3cnn(-c4ccc(F)cc4)c3C=C1CCC[C@@H]2C(O)c1cccc(O)c1. The van der Waals surface area contributed by atoms with Crippen molar-refractivity contribution in [2.45, 2.75) is 38.7 Å². The summed E-state index contributed by atoms with van der Waals surface area (Å²) >= 11 is 0. The highest BCUT2D eigenvalue weighted by Gasteiger charge is 2.46. The maximum absolute atomic E-state index is 13.3. The van der Waals surface area contributed by atoms with Crippen LogP contribution in [-0.4, -0.2) is 20.0 Å². The number of nitrogens with zero attached hydrogens (tertiary/aromatic N) is 2. The highest BCUT2D eigenvalue weighted by Crippen LogP contribution is 2.54. The Labute approximate surface area is 175 Å². The summed E-state index contributed by atoms with van der Waals surface area (Å²) in [6, 6.07) is 13.3. The number of aromatic nitrogens is 2. The summed E-state index contributed by atoms with van der Waals surface area (Å²) in [5.41, 5.74) is 4.93. The molecule has 2 aromatic carbocycles. The quantitative estimate of drug-likeness (QED) is 0.631. The van der Waals surface area contributed by atoms with Crippen molar-refractivity contribution in [1.29, 1.82) is 0 Å². The summed E-state index contributed by atoms with van der Waals surface area (Å²) in [7, 11) is 0. The molecule has 1 unspecified atom stereocenters. The minimum Gasteiger partial charge on any atom is -0.508 e. The van der Waals surface area contributed by atoms with Gasteiger partial charge in [0, 0.05) is 0 Å². The molecule has 0 aliphatic heterocycles. The number of phenolic OH excluding ortho intramolecular Hbond substituents is 1. The first kappa shape index (κ1) is 19.1. The molecule has 3 aromatic rings. The van der Waals surface area contributed by atoms with Crippen LogP contribution in [0, 0.1) is 17.2 Å².